The number of hydrogen-bond acceptors (Lipinski definition) is 2. The van der Waals surface area contributed by atoms with Crippen molar-refractivity contribution >= 4 is 8.32 Å². The Bertz CT molecular complexity index is 300. The Morgan fingerprint density at radius 3 is 2.29 bits per heavy atom. The maximum Gasteiger partial charge on any atom is 0.192 e. The lowest BCUT2D eigenvalue weighted by atomic mass is 9.80. The van der Waals surface area contributed by atoms with E-state index < -0.39 is 8.32 Å². The van der Waals surface area contributed by atoms with Crippen molar-refractivity contribution < 1.29 is 4.43 Å². The van der Waals surface area contributed by atoms with Gasteiger partial charge >= 0.3 is 0 Å². The van der Waals surface area contributed by atoms with Crippen LogP contribution in [0.3, 0.4) is 0 Å². The summed E-state index contributed by atoms with van der Waals surface area (Å²) in [5.74, 6) is 0.734. The van der Waals surface area contributed by atoms with Crippen molar-refractivity contribution in [3.05, 3.63) is 0 Å². The summed E-state index contributed by atoms with van der Waals surface area (Å²) in [5, 5.41) is 9.41. The summed E-state index contributed by atoms with van der Waals surface area (Å²) in [6.07, 6.45) is 3.52. The van der Waals surface area contributed by atoms with Gasteiger partial charge < -0.3 is 4.43 Å². The average molecular weight is 253 g/mol. The van der Waals surface area contributed by atoms with Crippen LogP contribution in [-0.4, -0.2) is 14.4 Å². The fourth-order valence-electron chi connectivity index (χ4n) is 2.16. The molecule has 0 radical (unpaired) electrons. The van der Waals surface area contributed by atoms with Crippen LogP contribution < -0.4 is 0 Å². The molecule has 0 bridgehead atoms. The van der Waals surface area contributed by atoms with E-state index >= 15 is 0 Å². The number of rotatable bonds is 2. The molecule has 3 atom stereocenters. The van der Waals surface area contributed by atoms with Gasteiger partial charge in [0.15, 0.2) is 8.32 Å². The normalized spacial score (nSPS) is 31.0. The van der Waals surface area contributed by atoms with Crippen LogP contribution in [0.4, 0.5) is 0 Å². The summed E-state index contributed by atoms with van der Waals surface area (Å²) < 4.78 is 6.41. The Morgan fingerprint density at radius 1 is 1.24 bits per heavy atom. The molecule has 1 aliphatic carbocycles. The molecule has 0 aromatic rings. The van der Waals surface area contributed by atoms with Gasteiger partial charge in [0.2, 0.25) is 0 Å². The van der Waals surface area contributed by atoms with Crippen LogP contribution in [0.1, 0.15) is 47.0 Å². The first kappa shape index (κ1) is 14.7. The molecule has 3 heteroatoms. The molecule has 1 saturated carbocycles. The second-order valence-electron chi connectivity index (χ2n) is 7.03. The highest BCUT2D eigenvalue weighted by Gasteiger charge is 2.40. The summed E-state index contributed by atoms with van der Waals surface area (Å²) in [6.45, 7) is 13.6. The predicted molar refractivity (Wildman–Crippen MR) is 74.2 cm³/mol. The van der Waals surface area contributed by atoms with Crippen LogP contribution in [0, 0.1) is 23.2 Å². The van der Waals surface area contributed by atoms with Crippen molar-refractivity contribution in [2.75, 3.05) is 0 Å². The monoisotopic (exact) mass is 253 g/mol. The summed E-state index contributed by atoms with van der Waals surface area (Å²) in [5.41, 5.74) is 0. The Hall–Kier alpha value is -0.333. The molecule has 0 amide bonds. The van der Waals surface area contributed by atoms with Crippen LogP contribution in [0.25, 0.3) is 0 Å². The maximum absolute atomic E-state index is 9.14. The lowest BCUT2D eigenvalue weighted by molar-refractivity contribution is 0.0997. The molecule has 0 aromatic heterocycles. The molecule has 1 rings (SSSR count). The molecular weight excluding hydrogens is 226 g/mol. The molecule has 0 N–H and O–H groups in total. The highest BCUT2D eigenvalue weighted by molar-refractivity contribution is 6.74. The standard InChI is InChI=1S/C14H27NOSi/c1-11-7-8-13(9-12(11)10-15)16-17(5,6)14(2,3)4/h11-13H,7-9H2,1-6H3/t11?,12-,13?/m0/s1. The predicted octanol–water partition coefficient (Wildman–Crippen LogP) is 4.34. The third-order valence-electron chi connectivity index (χ3n) is 4.58. The zero-order chi connectivity index (χ0) is 13.3. The van der Waals surface area contributed by atoms with Gasteiger partial charge in [0, 0.05) is 6.10 Å². The summed E-state index contributed by atoms with van der Waals surface area (Å²) in [6, 6.07) is 2.44. The third-order valence-corrected chi connectivity index (χ3v) is 9.12. The lowest BCUT2D eigenvalue weighted by Gasteiger charge is -2.41. The zero-order valence-electron chi connectivity index (χ0n) is 12.2. The first-order valence-electron chi connectivity index (χ1n) is 6.75. The van der Waals surface area contributed by atoms with Gasteiger partial charge in [-0.1, -0.05) is 27.7 Å². The van der Waals surface area contributed by atoms with Crippen LogP contribution in [0.5, 0.6) is 0 Å². The molecule has 1 aliphatic rings. The van der Waals surface area contributed by atoms with Crippen LogP contribution in [0.15, 0.2) is 0 Å². The number of nitriles is 1. The molecule has 0 saturated heterocycles. The first-order valence-corrected chi connectivity index (χ1v) is 9.65. The largest absolute Gasteiger partial charge is 0.414 e. The molecular formula is C14H27NOSi. The highest BCUT2D eigenvalue weighted by atomic mass is 28.4. The Kier molecular flexibility index (Phi) is 4.43. The summed E-state index contributed by atoms with van der Waals surface area (Å²) in [7, 11) is -1.67. The molecule has 17 heavy (non-hydrogen) atoms. The number of hydrogen-bond donors (Lipinski definition) is 0. The smallest absolute Gasteiger partial charge is 0.192 e. The van der Waals surface area contributed by atoms with Crippen LogP contribution >= 0.6 is 0 Å². The first-order chi connectivity index (χ1) is 7.67. The number of nitrogens with zero attached hydrogens (tertiary/aromatic N) is 1. The van der Waals surface area contributed by atoms with Crippen molar-refractivity contribution in [3.63, 3.8) is 0 Å². The highest BCUT2D eigenvalue weighted by Crippen LogP contribution is 2.40. The van der Waals surface area contributed by atoms with Crippen LogP contribution in [-0.2, 0) is 4.43 Å². The maximum atomic E-state index is 9.14. The van der Waals surface area contributed by atoms with Gasteiger partial charge in [-0.3, -0.25) is 0 Å². The van der Waals surface area contributed by atoms with Crippen molar-refractivity contribution in [1.82, 2.24) is 0 Å². The van der Waals surface area contributed by atoms with E-state index in [2.05, 4.69) is 46.9 Å². The van der Waals surface area contributed by atoms with Crippen molar-refractivity contribution in [3.8, 4) is 6.07 Å². The van der Waals surface area contributed by atoms with E-state index in [0.29, 0.717) is 12.0 Å². The van der Waals surface area contributed by atoms with E-state index in [0.717, 1.165) is 19.3 Å². The Balaban J connectivity index is 2.62. The average Bonchev–Trinajstić information content (AvgIpc) is 2.19. The quantitative estimate of drug-likeness (QED) is 0.686. The van der Waals surface area contributed by atoms with E-state index in [9.17, 15) is 0 Å². The van der Waals surface area contributed by atoms with Crippen molar-refractivity contribution in [2.45, 2.75) is 71.2 Å². The fraction of sp³-hybridized carbons (Fsp3) is 0.929. The Morgan fingerprint density at radius 2 is 1.82 bits per heavy atom. The van der Waals surface area contributed by atoms with E-state index in [1.165, 1.54) is 0 Å². The lowest BCUT2D eigenvalue weighted by Crippen LogP contribution is -2.45. The Labute approximate surface area is 107 Å². The molecule has 0 spiro atoms. The summed E-state index contributed by atoms with van der Waals surface area (Å²) >= 11 is 0. The molecule has 0 aromatic carbocycles. The van der Waals surface area contributed by atoms with E-state index in [1.807, 2.05) is 0 Å². The van der Waals surface area contributed by atoms with Gasteiger partial charge in [-0.2, -0.15) is 5.26 Å². The van der Waals surface area contributed by atoms with E-state index in [4.69, 9.17) is 9.69 Å². The molecule has 0 aliphatic heterocycles. The van der Waals surface area contributed by atoms with Crippen LogP contribution in [0.2, 0.25) is 18.1 Å². The second kappa shape index (κ2) is 5.12. The summed E-state index contributed by atoms with van der Waals surface area (Å²) in [4.78, 5) is 0. The van der Waals surface area contributed by atoms with Gasteiger partial charge in [0.1, 0.15) is 0 Å². The van der Waals surface area contributed by atoms with E-state index in [-0.39, 0.29) is 11.0 Å². The van der Waals surface area contributed by atoms with E-state index in [1.54, 1.807) is 0 Å². The molecule has 2 nitrogen and oxygen atoms in total. The van der Waals surface area contributed by atoms with Gasteiger partial charge in [0.05, 0.1) is 12.0 Å². The van der Waals surface area contributed by atoms with Gasteiger partial charge in [0.25, 0.3) is 0 Å². The topological polar surface area (TPSA) is 33.0 Å². The van der Waals surface area contributed by atoms with Gasteiger partial charge in [-0.15, -0.1) is 0 Å². The van der Waals surface area contributed by atoms with Gasteiger partial charge in [-0.05, 0) is 43.3 Å². The molecule has 98 valence electrons. The second-order valence-corrected chi connectivity index (χ2v) is 11.8. The molecule has 0 heterocycles. The fourth-order valence-corrected chi connectivity index (χ4v) is 3.56. The molecule has 2 unspecified atom stereocenters. The minimum atomic E-state index is -1.67. The third kappa shape index (κ3) is 3.56. The minimum Gasteiger partial charge on any atom is -0.414 e. The molecule has 1 fully saturated rings. The zero-order valence-corrected chi connectivity index (χ0v) is 13.2. The SMILES string of the molecule is CC1CCC(O[Si](C)(C)C(C)(C)C)C[C@H]1C#N. The minimum absolute atomic E-state index is 0.193. The van der Waals surface area contributed by atoms with Crippen molar-refractivity contribution in [1.29, 1.82) is 5.26 Å². The van der Waals surface area contributed by atoms with Gasteiger partial charge in [-0.25, -0.2) is 0 Å². The van der Waals surface area contributed by atoms with Crippen molar-refractivity contribution in [2.24, 2.45) is 11.8 Å².